The molecule has 0 saturated heterocycles. The van der Waals surface area contributed by atoms with Crippen molar-refractivity contribution in [1.29, 1.82) is 0 Å². The van der Waals surface area contributed by atoms with Gasteiger partial charge in [-0.1, -0.05) is 6.07 Å². The molecule has 0 spiro atoms. The minimum Gasteiger partial charge on any atom is -0.388 e. The third kappa shape index (κ3) is 5.91. The SMILES string of the molecule is CN/C(=N\N)c1cc(C(N)=O)c(Nc2cccc(COCC(C)(C)O)n2)s1. The quantitative estimate of drug-likeness (QED) is 0.196. The number of thiophene rings is 1. The summed E-state index contributed by atoms with van der Waals surface area (Å²) in [5.41, 5.74) is 5.56. The smallest absolute Gasteiger partial charge is 0.251 e. The Kier molecular flexibility index (Phi) is 6.72. The number of anilines is 2. The van der Waals surface area contributed by atoms with Crippen molar-refractivity contribution in [2.45, 2.75) is 26.1 Å². The van der Waals surface area contributed by atoms with Crippen molar-refractivity contribution in [3.63, 3.8) is 0 Å². The molecule has 146 valence electrons. The van der Waals surface area contributed by atoms with Crippen LogP contribution < -0.4 is 22.2 Å². The van der Waals surface area contributed by atoms with Crippen LogP contribution in [0.3, 0.4) is 0 Å². The van der Waals surface area contributed by atoms with Crippen LogP contribution in [0.25, 0.3) is 0 Å². The molecule has 7 N–H and O–H groups in total. The summed E-state index contributed by atoms with van der Waals surface area (Å²) >= 11 is 1.28. The van der Waals surface area contributed by atoms with Gasteiger partial charge in [0.2, 0.25) is 0 Å². The van der Waals surface area contributed by atoms with Crippen LogP contribution in [0.2, 0.25) is 0 Å². The van der Waals surface area contributed by atoms with E-state index in [0.29, 0.717) is 32.8 Å². The maximum atomic E-state index is 11.8. The fourth-order valence-electron chi connectivity index (χ4n) is 2.19. The van der Waals surface area contributed by atoms with Gasteiger partial charge in [0.25, 0.3) is 5.91 Å². The largest absolute Gasteiger partial charge is 0.388 e. The third-order valence-corrected chi connectivity index (χ3v) is 4.41. The van der Waals surface area contributed by atoms with Gasteiger partial charge in [0.1, 0.15) is 10.8 Å². The highest BCUT2D eigenvalue weighted by molar-refractivity contribution is 7.18. The molecule has 2 aromatic heterocycles. The van der Waals surface area contributed by atoms with E-state index in [-0.39, 0.29) is 13.2 Å². The molecule has 0 aliphatic carbocycles. The predicted octanol–water partition coefficient (Wildman–Crippen LogP) is 1.11. The molecule has 0 aromatic carbocycles. The summed E-state index contributed by atoms with van der Waals surface area (Å²) in [7, 11) is 1.68. The molecule has 10 heteroatoms. The van der Waals surface area contributed by atoms with Crippen molar-refractivity contribution < 1.29 is 14.6 Å². The van der Waals surface area contributed by atoms with Gasteiger partial charge in [-0.2, -0.15) is 5.10 Å². The Balaban J connectivity index is 2.19. The topological polar surface area (TPSA) is 148 Å². The van der Waals surface area contributed by atoms with Crippen molar-refractivity contribution in [3.05, 3.63) is 40.4 Å². The lowest BCUT2D eigenvalue weighted by atomic mass is 10.2. The van der Waals surface area contributed by atoms with Crippen LogP contribution in [0.1, 0.15) is 34.8 Å². The summed E-state index contributed by atoms with van der Waals surface area (Å²) in [4.78, 5) is 16.9. The average molecular weight is 392 g/mol. The Morgan fingerprint density at radius 1 is 1.44 bits per heavy atom. The van der Waals surface area contributed by atoms with Crippen molar-refractivity contribution in [1.82, 2.24) is 10.3 Å². The minimum atomic E-state index is -0.908. The lowest BCUT2D eigenvalue weighted by Crippen LogP contribution is -2.25. The number of carbonyl (C=O) groups excluding carboxylic acids is 1. The Labute approximate surface area is 161 Å². The number of nitrogens with two attached hydrogens (primary N) is 2. The maximum absolute atomic E-state index is 11.8. The van der Waals surface area contributed by atoms with Crippen LogP contribution in [0.4, 0.5) is 10.8 Å². The van der Waals surface area contributed by atoms with E-state index in [1.165, 1.54) is 11.3 Å². The number of aliphatic hydroxyl groups is 1. The predicted molar refractivity (Wildman–Crippen MR) is 106 cm³/mol. The van der Waals surface area contributed by atoms with Gasteiger partial charge in [0.05, 0.1) is 34.9 Å². The molecule has 0 atom stereocenters. The normalized spacial score (nSPS) is 12.1. The van der Waals surface area contributed by atoms with E-state index in [1.807, 2.05) is 12.1 Å². The van der Waals surface area contributed by atoms with Gasteiger partial charge in [-0.3, -0.25) is 4.79 Å². The molecule has 0 radical (unpaired) electrons. The molecule has 1 amide bonds. The molecule has 0 bridgehead atoms. The summed E-state index contributed by atoms with van der Waals surface area (Å²) in [6.45, 7) is 3.78. The molecule has 0 unspecified atom stereocenters. The molecule has 2 aromatic rings. The lowest BCUT2D eigenvalue weighted by Gasteiger charge is -2.16. The lowest BCUT2D eigenvalue weighted by molar-refractivity contribution is -0.0276. The summed E-state index contributed by atoms with van der Waals surface area (Å²) in [5.74, 6) is 5.75. The van der Waals surface area contributed by atoms with E-state index >= 15 is 0 Å². The van der Waals surface area contributed by atoms with E-state index in [0.717, 1.165) is 0 Å². The number of amidine groups is 1. The highest BCUT2D eigenvalue weighted by Gasteiger charge is 2.17. The van der Waals surface area contributed by atoms with Gasteiger partial charge in [0, 0.05) is 7.05 Å². The Morgan fingerprint density at radius 2 is 2.19 bits per heavy atom. The number of pyridine rings is 1. The second kappa shape index (κ2) is 8.80. The fraction of sp³-hybridized carbons (Fsp3) is 0.353. The number of hydrazone groups is 1. The molecule has 2 heterocycles. The Hall–Kier alpha value is -2.69. The molecule has 9 nitrogen and oxygen atoms in total. The number of nitrogens with one attached hydrogen (secondary N) is 2. The number of primary amides is 1. The molecule has 0 aliphatic rings. The first-order valence-corrected chi connectivity index (χ1v) is 8.98. The zero-order valence-electron chi connectivity index (χ0n) is 15.4. The van der Waals surface area contributed by atoms with Crippen molar-refractivity contribution in [3.8, 4) is 0 Å². The third-order valence-electron chi connectivity index (χ3n) is 3.35. The highest BCUT2D eigenvalue weighted by atomic mass is 32.1. The van der Waals surface area contributed by atoms with Gasteiger partial charge in [0.15, 0.2) is 5.84 Å². The summed E-state index contributed by atoms with van der Waals surface area (Å²) < 4.78 is 5.47. The van der Waals surface area contributed by atoms with Crippen LogP contribution in [0, 0.1) is 0 Å². The van der Waals surface area contributed by atoms with Crippen LogP contribution in [-0.4, -0.2) is 41.1 Å². The van der Waals surface area contributed by atoms with Crippen LogP contribution >= 0.6 is 11.3 Å². The van der Waals surface area contributed by atoms with E-state index in [4.69, 9.17) is 16.3 Å². The molecular formula is C17H24N6O3S. The fourth-order valence-corrected chi connectivity index (χ4v) is 3.26. The van der Waals surface area contributed by atoms with Gasteiger partial charge in [-0.05, 0) is 32.0 Å². The average Bonchev–Trinajstić information content (AvgIpc) is 2.99. The van der Waals surface area contributed by atoms with Crippen molar-refractivity contribution in [2.24, 2.45) is 16.7 Å². The number of hydrogen-bond donors (Lipinski definition) is 5. The van der Waals surface area contributed by atoms with Gasteiger partial charge in [-0.15, -0.1) is 11.3 Å². The van der Waals surface area contributed by atoms with E-state index in [1.54, 1.807) is 33.0 Å². The van der Waals surface area contributed by atoms with Gasteiger partial charge in [-0.25, -0.2) is 4.98 Å². The van der Waals surface area contributed by atoms with Crippen molar-refractivity contribution >= 4 is 33.9 Å². The molecule has 0 saturated carbocycles. The number of hydrogen-bond acceptors (Lipinski definition) is 8. The zero-order valence-corrected chi connectivity index (χ0v) is 16.3. The van der Waals surface area contributed by atoms with Gasteiger partial charge < -0.3 is 32.1 Å². The highest BCUT2D eigenvalue weighted by Crippen LogP contribution is 2.30. The van der Waals surface area contributed by atoms with E-state index in [9.17, 15) is 9.90 Å². The minimum absolute atomic E-state index is 0.192. The Morgan fingerprint density at radius 3 is 2.78 bits per heavy atom. The van der Waals surface area contributed by atoms with Gasteiger partial charge >= 0.3 is 0 Å². The molecule has 2 rings (SSSR count). The number of nitrogens with zero attached hydrogens (tertiary/aromatic N) is 2. The molecule has 0 aliphatic heterocycles. The first-order chi connectivity index (χ1) is 12.7. The number of amides is 1. The summed E-state index contributed by atoms with van der Waals surface area (Å²) in [5, 5.41) is 19.8. The van der Waals surface area contributed by atoms with Crippen LogP contribution in [0.5, 0.6) is 0 Å². The maximum Gasteiger partial charge on any atom is 0.251 e. The monoisotopic (exact) mass is 392 g/mol. The Bertz CT molecular complexity index is 828. The summed E-state index contributed by atoms with van der Waals surface area (Å²) in [6.07, 6.45) is 0. The second-order valence-corrected chi connectivity index (χ2v) is 7.44. The van der Waals surface area contributed by atoms with Crippen LogP contribution in [0.15, 0.2) is 29.4 Å². The first-order valence-electron chi connectivity index (χ1n) is 8.16. The van der Waals surface area contributed by atoms with Crippen LogP contribution in [-0.2, 0) is 11.3 Å². The number of aromatic nitrogens is 1. The number of ether oxygens (including phenoxy) is 1. The summed E-state index contributed by atoms with van der Waals surface area (Å²) in [6, 6.07) is 7.01. The zero-order chi connectivity index (χ0) is 20.0. The number of rotatable bonds is 8. The second-order valence-electron chi connectivity index (χ2n) is 6.39. The number of carbonyl (C=O) groups is 1. The molecular weight excluding hydrogens is 368 g/mol. The van der Waals surface area contributed by atoms with E-state index < -0.39 is 11.5 Å². The van der Waals surface area contributed by atoms with E-state index in [2.05, 4.69) is 20.7 Å². The standard InChI is InChI=1S/C17H24N6O3S/c1-17(2,25)9-26-8-10-5-4-6-13(21-10)22-16-11(14(18)24)7-12(27-16)15(20-3)23-19/h4-7,25H,8-9,19H2,1-3H3,(H2,18,24)(H,20,23)(H,21,22). The molecule has 0 fully saturated rings. The first kappa shape index (κ1) is 20.6. The molecule has 27 heavy (non-hydrogen) atoms. The van der Waals surface area contributed by atoms with Crippen molar-refractivity contribution in [2.75, 3.05) is 19.0 Å².